The second-order valence-corrected chi connectivity index (χ2v) is 4.80. The fourth-order valence-electron chi connectivity index (χ4n) is 1.91. The van der Waals surface area contributed by atoms with Gasteiger partial charge in [-0.1, -0.05) is 0 Å². The van der Waals surface area contributed by atoms with E-state index in [1.165, 1.54) is 12.8 Å². The Morgan fingerprint density at radius 2 is 2.41 bits per heavy atom. The highest BCUT2D eigenvalue weighted by Crippen LogP contribution is 2.27. The van der Waals surface area contributed by atoms with Crippen molar-refractivity contribution in [2.75, 3.05) is 11.9 Å². The molecule has 3 rings (SSSR count). The second kappa shape index (κ2) is 4.77. The van der Waals surface area contributed by atoms with Crippen LogP contribution in [0.3, 0.4) is 0 Å². The molecule has 0 aliphatic carbocycles. The molecule has 88 valence electrons. The summed E-state index contributed by atoms with van der Waals surface area (Å²) >= 11 is 1.60. The molecule has 0 amide bonds. The summed E-state index contributed by atoms with van der Waals surface area (Å²) in [7, 11) is 0. The highest BCUT2D eigenvalue weighted by molar-refractivity contribution is 7.13. The number of nitrogens with one attached hydrogen (secondary N) is 2. The van der Waals surface area contributed by atoms with Crippen molar-refractivity contribution in [3.05, 3.63) is 29.7 Å². The highest BCUT2D eigenvalue weighted by atomic mass is 32.1. The van der Waals surface area contributed by atoms with Crippen LogP contribution < -0.4 is 10.6 Å². The van der Waals surface area contributed by atoms with E-state index in [2.05, 4.69) is 31.0 Å². The number of aromatic nitrogens is 3. The van der Waals surface area contributed by atoms with E-state index >= 15 is 0 Å². The molecule has 2 aromatic rings. The van der Waals surface area contributed by atoms with Gasteiger partial charge in [-0.15, -0.1) is 11.3 Å². The molecule has 17 heavy (non-hydrogen) atoms. The summed E-state index contributed by atoms with van der Waals surface area (Å²) in [6, 6.07) is 0.420. The Morgan fingerprint density at radius 1 is 1.41 bits per heavy atom. The highest BCUT2D eigenvalue weighted by Gasteiger charge is 2.18. The van der Waals surface area contributed by atoms with E-state index in [-0.39, 0.29) is 0 Å². The number of nitrogens with zero attached hydrogens (tertiary/aromatic N) is 3. The van der Waals surface area contributed by atoms with Crippen LogP contribution in [0, 0.1) is 0 Å². The zero-order valence-electron chi connectivity index (χ0n) is 9.26. The van der Waals surface area contributed by atoms with Crippen molar-refractivity contribution < 1.29 is 0 Å². The van der Waals surface area contributed by atoms with Gasteiger partial charge in [-0.05, 0) is 19.4 Å². The molecule has 0 bridgehead atoms. The maximum absolute atomic E-state index is 4.56. The average Bonchev–Trinajstić information content (AvgIpc) is 3.00. The van der Waals surface area contributed by atoms with Gasteiger partial charge in [0.15, 0.2) is 10.9 Å². The van der Waals surface area contributed by atoms with Crippen LogP contribution in [-0.4, -0.2) is 21.5 Å². The SMILES string of the molecule is c1cnc(Nc2nc([C@H]3CCCN3)cs2)cn1. The third kappa shape index (κ3) is 2.42. The zero-order chi connectivity index (χ0) is 11.5. The Bertz CT molecular complexity index is 478. The van der Waals surface area contributed by atoms with E-state index in [1.807, 2.05) is 0 Å². The Kier molecular flexibility index (Phi) is 2.98. The fraction of sp³-hybridized carbons (Fsp3) is 0.364. The number of hydrogen-bond acceptors (Lipinski definition) is 6. The first kappa shape index (κ1) is 10.6. The number of anilines is 2. The summed E-state index contributed by atoms with van der Waals surface area (Å²) in [5.74, 6) is 0.729. The van der Waals surface area contributed by atoms with Crippen molar-refractivity contribution in [1.82, 2.24) is 20.3 Å². The van der Waals surface area contributed by atoms with Crippen molar-refractivity contribution in [3.8, 4) is 0 Å². The van der Waals surface area contributed by atoms with Gasteiger partial charge in [0.05, 0.1) is 17.9 Å². The third-order valence-electron chi connectivity index (χ3n) is 2.74. The fourth-order valence-corrected chi connectivity index (χ4v) is 2.68. The Balaban J connectivity index is 1.72. The normalized spacial score (nSPS) is 19.4. The number of rotatable bonds is 3. The van der Waals surface area contributed by atoms with Gasteiger partial charge >= 0.3 is 0 Å². The van der Waals surface area contributed by atoms with E-state index in [9.17, 15) is 0 Å². The zero-order valence-corrected chi connectivity index (χ0v) is 10.1. The Hall–Kier alpha value is -1.53. The topological polar surface area (TPSA) is 62.7 Å². The molecule has 0 radical (unpaired) electrons. The summed E-state index contributed by atoms with van der Waals surface area (Å²) in [6.07, 6.45) is 7.41. The van der Waals surface area contributed by atoms with E-state index in [1.54, 1.807) is 29.9 Å². The summed E-state index contributed by atoms with van der Waals surface area (Å²) < 4.78 is 0. The van der Waals surface area contributed by atoms with Gasteiger partial charge in [-0.2, -0.15) is 0 Å². The average molecular weight is 247 g/mol. The van der Waals surface area contributed by atoms with E-state index in [0.29, 0.717) is 6.04 Å². The molecule has 1 aliphatic heterocycles. The lowest BCUT2D eigenvalue weighted by molar-refractivity contribution is 0.632. The predicted molar refractivity (Wildman–Crippen MR) is 67.4 cm³/mol. The third-order valence-corrected chi connectivity index (χ3v) is 3.51. The molecule has 1 atom stereocenters. The van der Waals surface area contributed by atoms with E-state index in [0.717, 1.165) is 23.2 Å². The summed E-state index contributed by atoms with van der Waals surface area (Å²) in [4.78, 5) is 12.7. The first-order valence-corrected chi connectivity index (χ1v) is 6.51. The van der Waals surface area contributed by atoms with E-state index < -0.39 is 0 Å². The van der Waals surface area contributed by atoms with Gasteiger partial charge in [0.25, 0.3) is 0 Å². The number of thiazole rings is 1. The van der Waals surface area contributed by atoms with Crippen LogP contribution in [0.2, 0.25) is 0 Å². The number of hydrogen-bond donors (Lipinski definition) is 2. The Morgan fingerprint density at radius 3 is 3.18 bits per heavy atom. The minimum atomic E-state index is 0.420. The van der Waals surface area contributed by atoms with Gasteiger partial charge in [-0.3, -0.25) is 4.98 Å². The van der Waals surface area contributed by atoms with Crippen LogP contribution in [0.5, 0.6) is 0 Å². The molecule has 0 unspecified atom stereocenters. The molecule has 0 saturated carbocycles. The molecule has 0 spiro atoms. The minimum absolute atomic E-state index is 0.420. The van der Waals surface area contributed by atoms with Crippen LogP contribution in [0.25, 0.3) is 0 Å². The first-order valence-electron chi connectivity index (χ1n) is 5.64. The molecule has 2 aromatic heterocycles. The monoisotopic (exact) mass is 247 g/mol. The molecule has 6 heteroatoms. The van der Waals surface area contributed by atoms with Crippen molar-refractivity contribution in [2.45, 2.75) is 18.9 Å². The van der Waals surface area contributed by atoms with Crippen LogP contribution in [0.15, 0.2) is 24.0 Å². The van der Waals surface area contributed by atoms with Gasteiger partial charge in [0.1, 0.15) is 0 Å². The lowest BCUT2D eigenvalue weighted by Crippen LogP contribution is -2.13. The van der Waals surface area contributed by atoms with Crippen LogP contribution in [0.1, 0.15) is 24.6 Å². The minimum Gasteiger partial charge on any atom is -0.315 e. The summed E-state index contributed by atoms with van der Waals surface area (Å²) in [5.41, 5.74) is 1.12. The predicted octanol–water partition coefficient (Wildman–Crippen LogP) is 2.10. The molecule has 3 heterocycles. The molecule has 1 saturated heterocycles. The summed E-state index contributed by atoms with van der Waals surface area (Å²) in [6.45, 7) is 1.09. The summed E-state index contributed by atoms with van der Waals surface area (Å²) in [5, 5.41) is 9.56. The van der Waals surface area contributed by atoms with Gasteiger partial charge < -0.3 is 10.6 Å². The van der Waals surface area contributed by atoms with Crippen molar-refractivity contribution >= 4 is 22.3 Å². The lowest BCUT2D eigenvalue weighted by Gasteiger charge is -2.05. The van der Waals surface area contributed by atoms with Crippen LogP contribution in [-0.2, 0) is 0 Å². The maximum Gasteiger partial charge on any atom is 0.188 e. The molecule has 0 aromatic carbocycles. The smallest absolute Gasteiger partial charge is 0.188 e. The van der Waals surface area contributed by atoms with Gasteiger partial charge in [0, 0.05) is 17.8 Å². The van der Waals surface area contributed by atoms with Crippen molar-refractivity contribution in [3.63, 3.8) is 0 Å². The Labute approximate surface area is 103 Å². The molecule has 2 N–H and O–H groups in total. The standard InChI is InChI=1S/C11H13N5S/c1-2-8(13-3-1)9-7-17-11(15-9)16-10-6-12-4-5-14-10/h4-8,13H,1-3H2,(H,14,15,16)/t8-/m1/s1. The molecule has 1 fully saturated rings. The van der Waals surface area contributed by atoms with Crippen LogP contribution in [0.4, 0.5) is 10.9 Å². The molecular formula is C11H13N5S. The van der Waals surface area contributed by atoms with Gasteiger partial charge in [0.2, 0.25) is 0 Å². The quantitative estimate of drug-likeness (QED) is 0.869. The largest absolute Gasteiger partial charge is 0.315 e. The lowest BCUT2D eigenvalue weighted by atomic mass is 10.2. The second-order valence-electron chi connectivity index (χ2n) is 3.94. The van der Waals surface area contributed by atoms with Gasteiger partial charge in [-0.25, -0.2) is 9.97 Å². The van der Waals surface area contributed by atoms with E-state index in [4.69, 9.17) is 0 Å². The van der Waals surface area contributed by atoms with Crippen molar-refractivity contribution in [2.24, 2.45) is 0 Å². The molecule has 5 nitrogen and oxygen atoms in total. The molecular weight excluding hydrogens is 234 g/mol. The van der Waals surface area contributed by atoms with Crippen LogP contribution >= 0.6 is 11.3 Å². The maximum atomic E-state index is 4.56. The molecule has 1 aliphatic rings. The first-order chi connectivity index (χ1) is 8.42. The van der Waals surface area contributed by atoms with Crippen molar-refractivity contribution in [1.29, 1.82) is 0 Å².